The molecule has 0 atom stereocenters. The van der Waals surface area contributed by atoms with E-state index in [0.717, 1.165) is 4.57 Å². The van der Waals surface area contributed by atoms with Crippen molar-refractivity contribution in [3.63, 3.8) is 0 Å². The van der Waals surface area contributed by atoms with E-state index in [1.807, 2.05) is 6.92 Å². The molecule has 0 bridgehead atoms. The van der Waals surface area contributed by atoms with E-state index in [2.05, 4.69) is 0 Å². The summed E-state index contributed by atoms with van der Waals surface area (Å²) < 4.78 is 4.06. The number of hydrogen-bond donors (Lipinski definition) is 0. The van der Waals surface area contributed by atoms with E-state index < -0.39 is 5.56 Å². The summed E-state index contributed by atoms with van der Waals surface area (Å²) in [7, 11) is 1.63. The van der Waals surface area contributed by atoms with Gasteiger partial charge in [0, 0.05) is 30.9 Å². The first-order valence-electron chi connectivity index (χ1n) is 7.28. The lowest BCUT2D eigenvalue weighted by atomic mass is 10.1. The van der Waals surface area contributed by atoms with Crippen LogP contribution in [0.5, 0.6) is 0 Å². The predicted octanol–water partition coefficient (Wildman–Crippen LogP) is 1.05. The number of benzene rings is 1. The standard InChI is InChI=1S/C16H17N3O3/c1-4-18-13-12(10-8-6-7-9-11(10)14(18)20)17(3)16(22)19(5-2)15(13)21/h6-9H,4-5H2,1-3H3. The van der Waals surface area contributed by atoms with Gasteiger partial charge in [-0.1, -0.05) is 18.2 Å². The lowest BCUT2D eigenvalue weighted by Gasteiger charge is -2.15. The number of fused-ring (bicyclic) bond motifs is 3. The number of hydrogen-bond acceptors (Lipinski definition) is 3. The highest BCUT2D eigenvalue weighted by atomic mass is 16.2. The second kappa shape index (κ2) is 4.98. The third-order valence-corrected chi connectivity index (χ3v) is 4.09. The Morgan fingerprint density at radius 1 is 0.818 bits per heavy atom. The first-order chi connectivity index (χ1) is 10.5. The van der Waals surface area contributed by atoms with Crippen LogP contribution in [0, 0.1) is 0 Å². The number of aryl methyl sites for hydroxylation is 2. The Balaban J connectivity index is 2.83. The molecule has 114 valence electrons. The Bertz CT molecular complexity index is 1070. The van der Waals surface area contributed by atoms with Gasteiger partial charge in [-0.2, -0.15) is 0 Å². The van der Waals surface area contributed by atoms with Gasteiger partial charge in [-0.15, -0.1) is 0 Å². The van der Waals surface area contributed by atoms with Gasteiger partial charge in [0.25, 0.3) is 11.1 Å². The molecule has 2 heterocycles. The Morgan fingerprint density at radius 3 is 2.00 bits per heavy atom. The number of pyridine rings is 1. The highest BCUT2D eigenvalue weighted by molar-refractivity contribution is 6.03. The highest BCUT2D eigenvalue weighted by Gasteiger charge is 2.18. The van der Waals surface area contributed by atoms with Crippen molar-refractivity contribution >= 4 is 21.8 Å². The smallest absolute Gasteiger partial charge is 0.302 e. The third kappa shape index (κ3) is 1.70. The van der Waals surface area contributed by atoms with Gasteiger partial charge in [0.05, 0.1) is 5.52 Å². The van der Waals surface area contributed by atoms with Gasteiger partial charge in [0.2, 0.25) is 0 Å². The Labute approximate surface area is 125 Å². The summed E-state index contributed by atoms with van der Waals surface area (Å²) in [5.74, 6) is 0. The topological polar surface area (TPSA) is 66.0 Å². The molecule has 0 saturated heterocycles. The first-order valence-corrected chi connectivity index (χ1v) is 7.28. The molecule has 0 aliphatic heterocycles. The largest absolute Gasteiger partial charge is 0.331 e. The van der Waals surface area contributed by atoms with E-state index in [9.17, 15) is 14.4 Å². The molecule has 0 spiro atoms. The van der Waals surface area contributed by atoms with Gasteiger partial charge in [-0.25, -0.2) is 4.79 Å². The van der Waals surface area contributed by atoms with Crippen molar-refractivity contribution in [1.29, 1.82) is 0 Å². The maximum atomic E-state index is 12.7. The molecular weight excluding hydrogens is 282 g/mol. The number of aromatic nitrogens is 3. The molecule has 6 heteroatoms. The molecule has 3 aromatic rings. The summed E-state index contributed by atoms with van der Waals surface area (Å²) >= 11 is 0. The van der Waals surface area contributed by atoms with Crippen molar-refractivity contribution in [1.82, 2.24) is 13.7 Å². The summed E-state index contributed by atoms with van der Waals surface area (Å²) in [6.45, 7) is 4.20. The Hall–Kier alpha value is -2.63. The van der Waals surface area contributed by atoms with Crippen LogP contribution in [0.4, 0.5) is 0 Å². The summed E-state index contributed by atoms with van der Waals surface area (Å²) in [4.78, 5) is 37.7. The highest BCUT2D eigenvalue weighted by Crippen LogP contribution is 2.19. The zero-order valence-corrected chi connectivity index (χ0v) is 12.8. The monoisotopic (exact) mass is 299 g/mol. The van der Waals surface area contributed by atoms with E-state index in [1.54, 1.807) is 38.2 Å². The zero-order chi connectivity index (χ0) is 16.0. The molecular formula is C16H17N3O3. The fourth-order valence-corrected chi connectivity index (χ4v) is 3.01. The van der Waals surface area contributed by atoms with Gasteiger partial charge in [0.1, 0.15) is 5.52 Å². The van der Waals surface area contributed by atoms with Crippen LogP contribution in [0.15, 0.2) is 38.6 Å². The molecule has 0 N–H and O–H groups in total. The summed E-state index contributed by atoms with van der Waals surface area (Å²) in [6, 6.07) is 7.07. The van der Waals surface area contributed by atoms with Crippen molar-refractivity contribution in [2.75, 3.05) is 0 Å². The Kier molecular flexibility index (Phi) is 3.24. The van der Waals surface area contributed by atoms with Crippen LogP contribution < -0.4 is 16.8 Å². The van der Waals surface area contributed by atoms with Crippen LogP contribution in [0.25, 0.3) is 21.8 Å². The van der Waals surface area contributed by atoms with E-state index in [4.69, 9.17) is 0 Å². The van der Waals surface area contributed by atoms with E-state index in [0.29, 0.717) is 22.8 Å². The SMILES string of the molecule is CCn1c(=O)c2c(c3ccccc3c(=O)n2CC)n(C)c1=O. The summed E-state index contributed by atoms with van der Waals surface area (Å²) in [5.41, 5.74) is -0.187. The predicted molar refractivity (Wildman–Crippen MR) is 86.6 cm³/mol. The van der Waals surface area contributed by atoms with Gasteiger partial charge in [-0.05, 0) is 19.9 Å². The fourth-order valence-electron chi connectivity index (χ4n) is 3.01. The van der Waals surface area contributed by atoms with Gasteiger partial charge >= 0.3 is 5.69 Å². The average Bonchev–Trinajstić information content (AvgIpc) is 2.53. The molecule has 22 heavy (non-hydrogen) atoms. The average molecular weight is 299 g/mol. The number of nitrogens with zero attached hydrogens (tertiary/aromatic N) is 3. The minimum atomic E-state index is -0.412. The molecule has 1 aromatic carbocycles. The van der Waals surface area contributed by atoms with Gasteiger partial charge in [0.15, 0.2) is 0 Å². The second-order valence-corrected chi connectivity index (χ2v) is 5.18. The fraction of sp³-hybridized carbons (Fsp3) is 0.312. The quantitative estimate of drug-likeness (QED) is 0.664. The van der Waals surface area contributed by atoms with Crippen LogP contribution in [-0.4, -0.2) is 13.7 Å². The maximum absolute atomic E-state index is 12.7. The Morgan fingerprint density at radius 2 is 1.41 bits per heavy atom. The van der Waals surface area contributed by atoms with Crippen LogP contribution in [0.3, 0.4) is 0 Å². The van der Waals surface area contributed by atoms with E-state index in [-0.39, 0.29) is 23.3 Å². The van der Waals surface area contributed by atoms with E-state index in [1.165, 1.54) is 9.13 Å². The van der Waals surface area contributed by atoms with Gasteiger partial charge in [-0.3, -0.25) is 18.7 Å². The normalized spacial score (nSPS) is 11.4. The van der Waals surface area contributed by atoms with Crippen LogP contribution >= 0.6 is 0 Å². The van der Waals surface area contributed by atoms with Crippen LogP contribution in [0.2, 0.25) is 0 Å². The molecule has 6 nitrogen and oxygen atoms in total. The maximum Gasteiger partial charge on any atom is 0.331 e. The van der Waals surface area contributed by atoms with Crippen molar-refractivity contribution in [2.45, 2.75) is 26.9 Å². The molecule has 0 aliphatic carbocycles. The zero-order valence-electron chi connectivity index (χ0n) is 12.8. The molecule has 0 aliphatic rings. The molecule has 3 rings (SSSR count). The summed E-state index contributed by atoms with van der Waals surface area (Å²) in [5, 5.41) is 1.15. The van der Waals surface area contributed by atoms with Gasteiger partial charge < -0.3 is 4.57 Å². The van der Waals surface area contributed by atoms with Crippen molar-refractivity contribution < 1.29 is 0 Å². The third-order valence-electron chi connectivity index (χ3n) is 4.09. The lowest BCUT2D eigenvalue weighted by molar-refractivity contribution is 0.629. The molecule has 0 unspecified atom stereocenters. The second-order valence-electron chi connectivity index (χ2n) is 5.18. The number of rotatable bonds is 2. The summed E-state index contributed by atoms with van der Waals surface area (Å²) in [6.07, 6.45) is 0. The minimum Gasteiger partial charge on any atom is -0.302 e. The molecule has 0 radical (unpaired) electrons. The molecule has 0 fully saturated rings. The van der Waals surface area contributed by atoms with Crippen LogP contribution in [-0.2, 0) is 20.1 Å². The van der Waals surface area contributed by atoms with E-state index >= 15 is 0 Å². The molecule has 0 saturated carbocycles. The molecule has 0 amide bonds. The molecule has 2 aromatic heterocycles. The van der Waals surface area contributed by atoms with Crippen molar-refractivity contribution in [2.24, 2.45) is 7.05 Å². The minimum absolute atomic E-state index is 0.205. The van der Waals surface area contributed by atoms with Crippen molar-refractivity contribution in [3.8, 4) is 0 Å². The van der Waals surface area contributed by atoms with Crippen molar-refractivity contribution in [3.05, 3.63) is 55.5 Å². The van der Waals surface area contributed by atoms with Crippen LogP contribution in [0.1, 0.15) is 13.8 Å². The lowest BCUT2D eigenvalue weighted by Crippen LogP contribution is -2.41. The first kappa shape index (κ1) is 14.3.